The molecule has 1 aliphatic carbocycles. The Morgan fingerprint density at radius 2 is 2.03 bits per heavy atom. The van der Waals surface area contributed by atoms with Crippen LogP contribution in [-0.4, -0.2) is 55.1 Å². The zero-order valence-corrected chi connectivity index (χ0v) is 16.9. The van der Waals surface area contributed by atoms with Crippen LogP contribution in [0.3, 0.4) is 0 Å². The number of alkyl halides is 2. The lowest BCUT2D eigenvalue weighted by Gasteiger charge is -2.22. The van der Waals surface area contributed by atoms with Crippen molar-refractivity contribution in [3.05, 3.63) is 23.9 Å². The topological polar surface area (TPSA) is 77.4 Å². The van der Waals surface area contributed by atoms with E-state index in [9.17, 15) is 13.6 Å². The molecule has 0 atom stereocenters. The van der Waals surface area contributed by atoms with Crippen molar-refractivity contribution in [1.82, 2.24) is 20.4 Å². The largest absolute Gasteiger partial charge is 0.433 e. The highest BCUT2D eigenvalue weighted by molar-refractivity contribution is 6.03. The number of nitrogens with one attached hydrogen (secondary N) is 2. The van der Waals surface area contributed by atoms with Crippen molar-refractivity contribution < 1.29 is 23.0 Å². The van der Waals surface area contributed by atoms with Gasteiger partial charge in [0.1, 0.15) is 5.75 Å². The molecule has 1 aliphatic heterocycles. The molecule has 1 aromatic carbocycles. The first-order chi connectivity index (χ1) is 14.6. The van der Waals surface area contributed by atoms with Crippen molar-refractivity contribution in [2.24, 2.45) is 11.8 Å². The predicted molar refractivity (Wildman–Crippen MR) is 108 cm³/mol. The number of piperidine rings is 1. The van der Waals surface area contributed by atoms with E-state index in [0.29, 0.717) is 49.0 Å². The second-order valence-electron chi connectivity index (χ2n) is 8.07. The molecule has 2 aromatic rings. The molecule has 0 spiro atoms. The number of nitrogens with zero attached hydrogens (tertiary/aromatic N) is 2. The van der Waals surface area contributed by atoms with Gasteiger partial charge in [0, 0.05) is 25.9 Å². The van der Waals surface area contributed by atoms with E-state index in [1.165, 1.54) is 18.9 Å². The van der Waals surface area contributed by atoms with Crippen LogP contribution < -0.4 is 15.4 Å². The Kier molecular flexibility index (Phi) is 6.79. The van der Waals surface area contributed by atoms with E-state index in [4.69, 9.17) is 9.47 Å². The molecule has 30 heavy (non-hydrogen) atoms. The number of benzene rings is 1. The van der Waals surface area contributed by atoms with E-state index in [2.05, 4.69) is 15.7 Å². The fourth-order valence-electron chi connectivity index (χ4n) is 3.80. The third-order valence-corrected chi connectivity index (χ3v) is 5.63. The smallest absolute Gasteiger partial charge is 0.387 e. The van der Waals surface area contributed by atoms with Gasteiger partial charge in [0.25, 0.3) is 5.91 Å². The summed E-state index contributed by atoms with van der Waals surface area (Å²) in [6.07, 6.45) is 6.20. The minimum atomic E-state index is -3.03. The van der Waals surface area contributed by atoms with Crippen LogP contribution in [0, 0.1) is 11.8 Å². The Morgan fingerprint density at radius 3 is 2.77 bits per heavy atom. The van der Waals surface area contributed by atoms with Gasteiger partial charge in [-0.25, -0.2) is 0 Å². The van der Waals surface area contributed by atoms with E-state index in [1.54, 1.807) is 16.9 Å². The molecule has 2 heterocycles. The number of hydrogen-bond acceptors (Lipinski definition) is 5. The van der Waals surface area contributed by atoms with Crippen molar-refractivity contribution in [3.8, 4) is 5.75 Å². The highest BCUT2D eigenvalue weighted by atomic mass is 19.3. The zero-order valence-electron chi connectivity index (χ0n) is 16.9. The zero-order chi connectivity index (χ0) is 20.9. The first-order valence-electron chi connectivity index (χ1n) is 10.6. The Bertz CT molecular complexity index is 863. The third-order valence-electron chi connectivity index (χ3n) is 5.63. The molecule has 0 unspecified atom stereocenters. The third kappa shape index (κ3) is 5.46. The standard InChI is InChI=1S/C21H28F2N4O3/c22-21(23)30-19-16(20(28)25-9-10-29-13-15-1-2-15)3-4-18-17(19)12-27(26-18)11-14-5-7-24-8-6-14/h3-4,12,14-15,21,24H,1-2,5-11,13H2,(H,25,28). The lowest BCUT2D eigenvalue weighted by molar-refractivity contribution is -0.0491. The Labute approximate surface area is 174 Å². The molecule has 164 valence electrons. The molecule has 9 heteroatoms. The summed E-state index contributed by atoms with van der Waals surface area (Å²) < 4.78 is 38.2. The predicted octanol–water partition coefficient (Wildman–Crippen LogP) is 2.79. The van der Waals surface area contributed by atoms with Crippen LogP contribution in [0.2, 0.25) is 0 Å². The van der Waals surface area contributed by atoms with Crippen molar-refractivity contribution in [2.45, 2.75) is 38.8 Å². The maximum atomic E-state index is 13.1. The van der Waals surface area contributed by atoms with Gasteiger partial charge in [0.05, 0.1) is 23.1 Å². The van der Waals surface area contributed by atoms with Crippen LogP contribution in [0.5, 0.6) is 5.75 Å². The van der Waals surface area contributed by atoms with Crippen LogP contribution in [0.4, 0.5) is 8.78 Å². The average Bonchev–Trinajstić information content (AvgIpc) is 3.46. The number of carbonyl (C=O) groups is 1. The number of rotatable bonds is 10. The Hall–Kier alpha value is -2.26. The molecule has 4 rings (SSSR count). The number of ether oxygens (including phenoxy) is 2. The molecule has 0 bridgehead atoms. The summed E-state index contributed by atoms with van der Waals surface area (Å²) in [5, 5.41) is 11.0. The molecular weight excluding hydrogens is 394 g/mol. The minimum Gasteiger partial charge on any atom is -0.433 e. The summed E-state index contributed by atoms with van der Waals surface area (Å²) in [7, 11) is 0. The number of carbonyl (C=O) groups excluding carboxylic acids is 1. The van der Waals surface area contributed by atoms with Crippen molar-refractivity contribution in [1.29, 1.82) is 0 Å². The summed E-state index contributed by atoms with van der Waals surface area (Å²) in [5.41, 5.74) is 0.607. The first-order valence-corrected chi connectivity index (χ1v) is 10.6. The highest BCUT2D eigenvalue weighted by Crippen LogP contribution is 2.31. The number of fused-ring (bicyclic) bond motifs is 1. The van der Waals surface area contributed by atoms with Crippen LogP contribution in [0.25, 0.3) is 10.9 Å². The van der Waals surface area contributed by atoms with Crippen LogP contribution in [0.15, 0.2) is 18.3 Å². The van der Waals surface area contributed by atoms with Gasteiger partial charge in [-0.05, 0) is 62.7 Å². The van der Waals surface area contributed by atoms with Gasteiger partial charge in [0.15, 0.2) is 0 Å². The molecule has 2 fully saturated rings. The van der Waals surface area contributed by atoms with Gasteiger partial charge in [0.2, 0.25) is 0 Å². The van der Waals surface area contributed by atoms with Gasteiger partial charge < -0.3 is 20.1 Å². The summed E-state index contributed by atoms with van der Waals surface area (Å²) in [6.45, 7) is 1.04. The molecule has 1 saturated carbocycles. The van der Waals surface area contributed by atoms with Crippen LogP contribution in [0.1, 0.15) is 36.0 Å². The number of hydrogen-bond donors (Lipinski definition) is 2. The number of halogens is 2. The lowest BCUT2D eigenvalue weighted by Crippen LogP contribution is -2.29. The second kappa shape index (κ2) is 9.70. The number of amides is 1. The van der Waals surface area contributed by atoms with Crippen LogP contribution >= 0.6 is 0 Å². The lowest BCUT2D eigenvalue weighted by atomic mass is 9.98. The maximum Gasteiger partial charge on any atom is 0.387 e. The van der Waals surface area contributed by atoms with Crippen molar-refractivity contribution >= 4 is 16.8 Å². The molecule has 1 saturated heterocycles. The molecule has 2 N–H and O–H groups in total. The second-order valence-corrected chi connectivity index (χ2v) is 8.07. The summed E-state index contributed by atoms with van der Waals surface area (Å²) in [6, 6.07) is 3.16. The van der Waals surface area contributed by atoms with Gasteiger partial charge in [-0.1, -0.05) is 0 Å². The summed E-state index contributed by atoms with van der Waals surface area (Å²) in [4.78, 5) is 12.6. The molecule has 2 aliphatic rings. The van der Waals surface area contributed by atoms with Gasteiger partial charge >= 0.3 is 6.61 Å². The maximum absolute atomic E-state index is 13.1. The van der Waals surface area contributed by atoms with E-state index in [-0.39, 0.29) is 11.3 Å². The van der Waals surface area contributed by atoms with Crippen LogP contribution in [-0.2, 0) is 11.3 Å². The molecule has 7 nitrogen and oxygen atoms in total. The molecule has 0 radical (unpaired) electrons. The SMILES string of the molecule is O=C(NCCOCC1CC1)c1ccc2nn(CC3CCNCC3)cc2c1OC(F)F. The average molecular weight is 422 g/mol. The van der Waals surface area contributed by atoms with Gasteiger partial charge in [-0.2, -0.15) is 13.9 Å². The fourth-order valence-corrected chi connectivity index (χ4v) is 3.80. The van der Waals surface area contributed by atoms with E-state index in [1.807, 2.05) is 0 Å². The Balaban J connectivity index is 1.47. The Morgan fingerprint density at radius 1 is 1.23 bits per heavy atom. The monoisotopic (exact) mass is 422 g/mol. The van der Waals surface area contributed by atoms with Gasteiger partial charge in [-0.15, -0.1) is 0 Å². The summed E-state index contributed by atoms with van der Waals surface area (Å²) in [5.74, 6) is 0.540. The van der Waals surface area contributed by atoms with E-state index in [0.717, 1.165) is 25.9 Å². The highest BCUT2D eigenvalue weighted by Gasteiger charge is 2.23. The van der Waals surface area contributed by atoms with E-state index >= 15 is 0 Å². The minimum absolute atomic E-state index is 0.0754. The molecule has 1 aromatic heterocycles. The fraction of sp³-hybridized carbons (Fsp3) is 0.619. The van der Waals surface area contributed by atoms with Crippen molar-refractivity contribution in [2.75, 3.05) is 32.8 Å². The molecule has 1 amide bonds. The van der Waals surface area contributed by atoms with Gasteiger partial charge in [-0.3, -0.25) is 9.48 Å². The normalized spacial score (nSPS) is 17.6. The van der Waals surface area contributed by atoms with Crippen molar-refractivity contribution in [3.63, 3.8) is 0 Å². The quantitative estimate of drug-likeness (QED) is 0.576. The number of aromatic nitrogens is 2. The first kappa shape index (κ1) is 21.0. The van der Waals surface area contributed by atoms with E-state index < -0.39 is 12.5 Å². The summed E-state index contributed by atoms with van der Waals surface area (Å²) >= 11 is 0. The molecular formula is C21H28F2N4O3.